The molecule has 4 nitrogen and oxygen atoms in total. The van der Waals surface area contributed by atoms with Gasteiger partial charge >= 0.3 is 6.18 Å². The first kappa shape index (κ1) is 13.4. The molecule has 2 aromatic rings. The lowest BCUT2D eigenvalue weighted by Crippen LogP contribution is -2.37. The summed E-state index contributed by atoms with van der Waals surface area (Å²) < 4.78 is 37.9. The van der Waals surface area contributed by atoms with Crippen molar-refractivity contribution in [2.75, 3.05) is 13.6 Å². The molecular formula is C12H12F3N3O. The number of carbonyl (C=O) groups excluding carboxylic acids is 1. The molecule has 1 aromatic heterocycles. The summed E-state index contributed by atoms with van der Waals surface area (Å²) in [5, 5.41) is 4.84. The van der Waals surface area contributed by atoms with Crippen molar-refractivity contribution in [2.24, 2.45) is 0 Å². The van der Waals surface area contributed by atoms with Crippen molar-refractivity contribution in [2.45, 2.75) is 12.7 Å². The minimum absolute atomic E-state index is 0.208. The third-order valence-corrected chi connectivity index (χ3v) is 2.68. The van der Waals surface area contributed by atoms with Crippen LogP contribution in [0.1, 0.15) is 0 Å². The fourth-order valence-electron chi connectivity index (χ4n) is 1.76. The van der Waals surface area contributed by atoms with E-state index < -0.39 is 18.6 Å². The van der Waals surface area contributed by atoms with Gasteiger partial charge in [-0.1, -0.05) is 18.2 Å². The molecule has 0 unspecified atom stereocenters. The molecule has 1 heterocycles. The topological polar surface area (TPSA) is 38.1 Å². The Morgan fingerprint density at radius 2 is 2.05 bits per heavy atom. The summed E-state index contributed by atoms with van der Waals surface area (Å²) in [6.45, 7) is -1.47. The number of hydrogen-bond acceptors (Lipinski definition) is 2. The van der Waals surface area contributed by atoms with Gasteiger partial charge in [0.2, 0.25) is 5.91 Å². The second kappa shape index (κ2) is 4.91. The predicted molar refractivity (Wildman–Crippen MR) is 63.4 cm³/mol. The quantitative estimate of drug-likeness (QED) is 0.857. The second-order valence-corrected chi connectivity index (χ2v) is 4.23. The van der Waals surface area contributed by atoms with E-state index in [1.807, 2.05) is 12.1 Å². The van der Waals surface area contributed by atoms with E-state index in [0.29, 0.717) is 4.90 Å². The van der Waals surface area contributed by atoms with E-state index in [9.17, 15) is 18.0 Å². The van der Waals surface area contributed by atoms with Crippen LogP contribution in [0.15, 0.2) is 30.5 Å². The van der Waals surface area contributed by atoms with E-state index in [0.717, 1.165) is 18.0 Å². The number of aromatic nitrogens is 2. The van der Waals surface area contributed by atoms with E-state index in [1.54, 1.807) is 18.3 Å². The molecule has 19 heavy (non-hydrogen) atoms. The third-order valence-electron chi connectivity index (χ3n) is 2.68. The lowest BCUT2D eigenvalue weighted by atomic mass is 10.2. The zero-order valence-electron chi connectivity index (χ0n) is 10.2. The molecule has 0 radical (unpaired) electrons. The molecule has 0 N–H and O–H groups in total. The Balaban J connectivity index is 2.11. The van der Waals surface area contributed by atoms with Crippen LogP contribution in [-0.2, 0) is 11.3 Å². The molecule has 0 atom stereocenters. The van der Waals surface area contributed by atoms with Crippen LogP contribution in [0.5, 0.6) is 0 Å². The molecule has 0 saturated heterocycles. The molecule has 0 spiro atoms. The zero-order chi connectivity index (χ0) is 14.0. The van der Waals surface area contributed by atoms with Crippen LogP contribution in [0.3, 0.4) is 0 Å². The lowest BCUT2D eigenvalue weighted by Gasteiger charge is -2.19. The number of nitrogens with zero attached hydrogens (tertiary/aromatic N) is 3. The van der Waals surface area contributed by atoms with Gasteiger partial charge in [0.15, 0.2) is 0 Å². The third kappa shape index (κ3) is 3.24. The van der Waals surface area contributed by atoms with Crippen LogP contribution >= 0.6 is 0 Å². The molecule has 0 aliphatic heterocycles. The molecule has 0 aliphatic rings. The van der Waals surface area contributed by atoms with Crippen molar-refractivity contribution >= 4 is 16.8 Å². The normalized spacial score (nSPS) is 11.8. The van der Waals surface area contributed by atoms with Gasteiger partial charge in [-0.15, -0.1) is 0 Å². The van der Waals surface area contributed by atoms with Gasteiger partial charge in [-0.25, -0.2) is 0 Å². The van der Waals surface area contributed by atoms with Crippen LogP contribution in [0.4, 0.5) is 13.2 Å². The average Bonchev–Trinajstić information content (AvgIpc) is 2.70. The van der Waals surface area contributed by atoms with Crippen molar-refractivity contribution in [1.82, 2.24) is 14.7 Å². The Labute approximate surface area is 107 Å². The monoisotopic (exact) mass is 271 g/mol. The van der Waals surface area contributed by atoms with E-state index in [2.05, 4.69) is 5.10 Å². The summed E-state index contributed by atoms with van der Waals surface area (Å²) in [6.07, 6.45) is -2.82. The van der Waals surface area contributed by atoms with Crippen molar-refractivity contribution in [3.63, 3.8) is 0 Å². The number of fused-ring (bicyclic) bond motifs is 1. The van der Waals surface area contributed by atoms with Crippen molar-refractivity contribution < 1.29 is 18.0 Å². The minimum Gasteiger partial charge on any atom is -0.335 e. The van der Waals surface area contributed by atoms with Gasteiger partial charge in [-0.05, 0) is 6.07 Å². The summed E-state index contributed by atoms with van der Waals surface area (Å²) in [5.41, 5.74) is 0.719. The van der Waals surface area contributed by atoms with Crippen LogP contribution in [-0.4, -0.2) is 40.4 Å². The van der Waals surface area contributed by atoms with E-state index >= 15 is 0 Å². The smallest absolute Gasteiger partial charge is 0.335 e. The molecular weight excluding hydrogens is 259 g/mol. The zero-order valence-corrected chi connectivity index (χ0v) is 10.2. The van der Waals surface area contributed by atoms with Gasteiger partial charge in [-0.3, -0.25) is 9.48 Å². The number of halogens is 3. The number of para-hydroxylation sites is 1. The van der Waals surface area contributed by atoms with E-state index in [-0.39, 0.29) is 6.54 Å². The first-order chi connectivity index (χ1) is 8.87. The average molecular weight is 271 g/mol. The molecule has 7 heteroatoms. The molecule has 0 saturated carbocycles. The molecule has 102 valence electrons. The molecule has 0 aliphatic carbocycles. The highest BCUT2D eigenvalue weighted by Crippen LogP contribution is 2.16. The fourth-order valence-corrected chi connectivity index (χ4v) is 1.76. The van der Waals surface area contributed by atoms with E-state index in [4.69, 9.17) is 0 Å². The molecule has 1 amide bonds. The van der Waals surface area contributed by atoms with Crippen LogP contribution in [0.25, 0.3) is 10.9 Å². The number of hydrogen-bond donors (Lipinski definition) is 0. The first-order valence-electron chi connectivity index (χ1n) is 5.58. The molecule has 2 rings (SSSR count). The number of alkyl halides is 3. The Hall–Kier alpha value is -2.05. The van der Waals surface area contributed by atoms with Crippen molar-refractivity contribution in [3.8, 4) is 0 Å². The number of likely N-dealkylation sites (N-methyl/N-ethyl adjacent to an activating group) is 1. The lowest BCUT2D eigenvalue weighted by molar-refractivity contribution is -0.158. The van der Waals surface area contributed by atoms with Crippen molar-refractivity contribution in [1.29, 1.82) is 0 Å². The summed E-state index contributed by atoms with van der Waals surface area (Å²) >= 11 is 0. The number of benzene rings is 1. The highest BCUT2D eigenvalue weighted by atomic mass is 19.4. The number of rotatable bonds is 3. The van der Waals surface area contributed by atoms with Crippen LogP contribution < -0.4 is 0 Å². The summed E-state index contributed by atoms with van der Waals surface area (Å²) in [4.78, 5) is 12.3. The van der Waals surface area contributed by atoms with Gasteiger partial charge in [0.1, 0.15) is 13.1 Å². The summed E-state index contributed by atoms with van der Waals surface area (Å²) in [5.74, 6) is -0.633. The van der Waals surface area contributed by atoms with Crippen LogP contribution in [0, 0.1) is 0 Å². The van der Waals surface area contributed by atoms with Crippen molar-refractivity contribution in [3.05, 3.63) is 30.5 Å². The molecule has 1 aromatic carbocycles. The maximum absolute atomic E-state index is 12.2. The van der Waals surface area contributed by atoms with Gasteiger partial charge in [0, 0.05) is 12.4 Å². The Morgan fingerprint density at radius 1 is 1.37 bits per heavy atom. The van der Waals surface area contributed by atoms with Gasteiger partial charge in [-0.2, -0.15) is 18.3 Å². The largest absolute Gasteiger partial charge is 0.406 e. The number of carbonyl (C=O) groups is 1. The molecule has 0 fully saturated rings. The van der Waals surface area contributed by atoms with Gasteiger partial charge in [0.25, 0.3) is 0 Å². The van der Waals surface area contributed by atoms with E-state index in [1.165, 1.54) is 4.68 Å². The van der Waals surface area contributed by atoms with Gasteiger partial charge < -0.3 is 4.90 Å². The highest BCUT2D eigenvalue weighted by Gasteiger charge is 2.31. The summed E-state index contributed by atoms with van der Waals surface area (Å²) in [7, 11) is 1.13. The Kier molecular flexibility index (Phi) is 3.46. The van der Waals surface area contributed by atoms with Gasteiger partial charge in [0.05, 0.1) is 11.7 Å². The maximum atomic E-state index is 12.2. The standard InChI is InChI=1S/C12H12F3N3O/c1-17(8-12(13,14)15)11(19)7-18-10-5-3-2-4-9(10)6-16-18/h2-6H,7-8H2,1H3. The maximum Gasteiger partial charge on any atom is 0.406 e. The fraction of sp³-hybridized carbons (Fsp3) is 0.333. The summed E-state index contributed by atoms with van der Waals surface area (Å²) in [6, 6.07) is 7.19. The highest BCUT2D eigenvalue weighted by molar-refractivity contribution is 5.81. The number of amides is 1. The second-order valence-electron chi connectivity index (χ2n) is 4.23. The predicted octanol–water partition coefficient (Wildman–Crippen LogP) is 2.06. The Bertz CT molecular complexity index is 591. The Morgan fingerprint density at radius 3 is 2.74 bits per heavy atom. The van der Waals surface area contributed by atoms with Crippen LogP contribution in [0.2, 0.25) is 0 Å². The molecule has 0 bridgehead atoms. The SMILES string of the molecule is CN(CC(F)(F)F)C(=O)Cn1ncc2ccccc21. The first-order valence-corrected chi connectivity index (χ1v) is 5.58. The minimum atomic E-state index is -4.39.